The summed E-state index contributed by atoms with van der Waals surface area (Å²) in [6.45, 7) is 4.84. The minimum atomic E-state index is 0.132. The Morgan fingerprint density at radius 2 is 2.10 bits per heavy atom. The maximum Gasteiger partial charge on any atom is 0.231 e. The van der Waals surface area contributed by atoms with Crippen LogP contribution in [0.15, 0.2) is 28.8 Å². The van der Waals surface area contributed by atoms with Crippen molar-refractivity contribution in [3.8, 4) is 0 Å². The van der Waals surface area contributed by atoms with Gasteiger partial charge in [0.15, 0.2) is 0 Å². The molecule has 0 spiro atoms. The lowest BCUT2D eigenvalue weighted by Crippen LogP contribution is -2.30. The Morgan fingerprint density at radius 3 is 2.86 bits per heavy atom. The van der Waals surface area contributed by atoms with E-state index in [4.69, 9.17) is 4.52 Å². The second-order valence-electron chi connectivity index (χ2n) is 5.34. The van der Waals surface area contributed by atoms with Gasteiger partial charge in [-0.3, -0.25) is 4.79 Å². The van der Waals surface area contributed by atoms with Gasteiger partial charge >= 0.3 is 0 Å². The Balaban J connectivity index is 1.83. The van der Waals surface area contributed by atoms with Gasteiger partial charge < -0.3 is 9.42 Å². The molecule has 1 aromatic heterocycles. The number of fused-ring (bicyclic) bond motifs is 1. The Labute approximate surface area is 124 Å². The second-order valence-corrected chi connectivity index (χ2v) is 5.34. The highest BCUT2D eigenvalue weighted by atomic mass is 16.5. The number of carbonyl (C=O) groups excluding carboxylic acids is 1. The number of amides is 1. The molecule has 0 bridgehead atoms. The van der Waals surface area contributed by atoms with Crippen LogP contribution in [0.5, 0.6) is 0 Å². The molecule has 0 aliphatic carbocycles. The summed E-state index contributed by atoms with van der Waals surface area (Å²) in [5.74, 6) is 0.972. The maximum absolute atomic E-state index is 12.7. The fourth-order valence-corrected chi connectivity index (χ4v) is 2.98. The number of aromatic nitrogens is 1. The van der Waals surface area contributed by atoms with E-state index >= 15 is 0 Å². The van der Waals surface area contributed by atoms with Crippen LogP contribution in [0.1, 0.15) is 36.4 Å². The zero-order chi connectivity index (χ0) is 14.8. The first-order chi connectivity index (χ1) is 10.2. The van der Waals surface area contributed by atoms with Gasteiger partial charge in [-0.25, -0.2) is 0 Å². The molecule has 1 amide bonds. The third-order valence-electron chi connectivity index (χ3n) is 4.12. The van der Waals surface area contributed by atoms with E-state index in [9.17, 15) is 4.79 Å². The molecule has 0 N–H and O–H groups in total. The summed E-state index contributed by atoms with van der Waals surface area (Å²) in [6.07, 6.45) is 2.88. The number of carbonyl (C=O) groups is 1. The van der Waals surface area contributed by atoms with E-state index in [0.29, 0.717) is 6.42 Å². The Hall–Kier alpha value is -2.10. The molecule has 0 fully saturated rings. The minimum absolute atomic E-state index is 0.132. The van der Waals surface area contributed by atoms with E-state index in [0.717, 1.165) is 48.5 Å². The first kappa shape index (κ1) is 13.9. The van der Waals surface area contributed by atoms with Gasteiger partial charge in [-0.05, 0) is 24.5 Å². The molecule has 4 heteroatoms. The van der Waals surface area contributed by atoms with Crippen molar-refractivity contribution in [1.29, 1.82) is 0 Å². The van der Waals surface area contributed by atoms with Crippen LogP contribution in [0.3, 0.4) is 0 Å². The summed E-state index contributed by atoms with van der Waals surface area (Å²) in [5.41, 5.74) is 4.19. The number of hydrogen-bond donors (Lipinski definition) is 0. The molecule has 0 saturated heterocycles. The molecule has 4 nitrogen and oxygen atoms in total. The predicted octanol–water partition coefficient (Wildman–Crippen LogP) is 2.93. The van der Waals surface area contributed by atoms with Crippen molar-refractivity contribution in [3.63, 3.8) is 0 Å². The van der Waals surface area contributed by atoms with Crippen molar-refractivity contribution in [2.75, 3.05) is 11.4 Å². The van der Waals surface area contributed by atoms with Crippen LogP contribution in [0.25, 0.3) is 0 Å². The van der Waals surface area contributed by atoms with E-state index in [-0.39, 0.29) is 5.91 Å². The monoisotopic (exact) mass is 284 g/mol. The largest absolute Gasteiger partial charge is 0.361 e. The SMILES string of the molecule is CCc1noc(CC)c1CC(=O)N1CCc2ccccc21. The van der Waals surface area contributed by atoms with Gasteiger partial charge in [0.1, 0.15) is 5.76 Å². The zero-order valence-electron chi connectivity index (χ0n) is 12.6. The standard InChI is InChI=1S/C17H20N2O2/c1-3-14-13(16(4-2)21-18-14)11-17(20)19-10-9-12-7-5-6-8-15(12)19/h5-8H,3-4,9-11H2,1-2H3. The van der Waals surface area contributed by atoms with Crippen LogP contribution in [0.4, 0.5) is 5.69 Å². The highest BCUT2D eigenvalue weighted by molar-refractivity contribution is 5.96. The van der Waals surface area contributed by atoms with Crippen LogP contribution in [-0.2, 0) is 30.5 Å². The number of hydrogen-bond acceptors (Lipinski definition) is 3. The molecule has 21 heavy (non-hydrogen) atoms. The number of nitrogens with zero attached hydrogens (tertiary/aromatic N) is 2. The quantitative estimate of drug-likeness (QED) is 0.867. The van der Waals surface area contributed by atoms with Crippen molar-refractivity contribution in [3.05, 3.63) is 46.8 Å². The number of benzene rings is 1. The number of rotatable bonds is 4. The lowest BCUT2D eigenvalue weighted by Gasteiger charge is -2.17. The first-order valence-corrected chi connectivity index (χ1v) is 7.59. The number of para-hydroxylation sites is 1. The van der Waals surface area contributed by atoms with Gasteiger partial charge in [-0.2, -0.15) is 0 Å². The molecule has 0 radical (unpaired) electrons. The molecule has 3 rings (SSSR count). The van der Waals surface area contributed by atoms with Gasteiger partial charge in [-0.1, -0.05) is 37.2 Å². The summed E-state index contributed by atoms with van der Waals surface area (Å²) >= 11 is 0. The molecule has 0 unspecified atom stereocenters. The Kier molecular flexibility index (Phi) is 3.78. The molecule has 0 saturated carbocycles. The topological polar surface area (TPSA) is 46.3 Å². The molecule has 1 aromatic carbocycles. The maximum atomic E-state index is 12.7. The van der Waals surface area contributed by atoms with E-state index < -0.39 is 0 Å². The number of anilines is 1. The van der Waals surface area contributed by atoms with Crippen molar-refractivity contribution >= 4 is 11.6 Å². The van der Waals surface area contributed by atoms with Crippen molar-refractivity contribution in [2.24, 2.45) is 0 Å². The second kappa shape index (κ2) is 5.72. The zero-order valence-corrected chi connectivity index (χ0v) is 12.6. The van der Waals surface area contributed by atoms with Crippen molar-refractivity contribution in [1.82, 2.24) is 5.16 Å². The van der Waals surface area contributed by atoms with Gasteiger partial charge in [0, 0.05) is 24.2 Å². The average molecular weight is 284 g/mol. The minimum Gasteiger partial charge on any atom is -0.361 e. The van der Waals surface area contributed by atoms with E-state index in [2.05, 4.69) is 11.2 Å². The Morgan fingerprint density at radius 1 is 1.29 bits per heavy atom. The average Bonchev–Trinajstić information content (AvgIpc) is 3.10. The molecule has 1 aliphatic rings. The number of aryl methyl sites for hydroxylation is 2. The summed E-state index contributed by atoms with van der Waals surface area (Å²) in [6, 6.07) is 8.13. The molecular weight excluding hydrogens is 264 g/mol. The lowest BCUT2D eigenvalue weighted by atomic mass is 10.1. The fourth-order valence-electron chi connectivity index (χ4n) is 2.98. The lowest BCUT2D eigenvalue weighted by molar-refractivity contribution is -0.117. The van der Waals surface area contributed by atoms with Gasteiger partial charge in [0.25, 0.3) is 0 Å². The van der Waals surface area contributed by atoms with Gasteiger partial charge in [0.2, 0.25) is 5.91 Å². The smallest absolute Gasteiger partial charge is 0.231 e. The molecule has 1 aliphatic heterocycles. The fraction of sp³-hybridized carbons (Fsp3) is 0.412. The van der Waals surface area contributed by atoms with Crippen molar-refractivity contribution in [2.45, 2.75) is 39.5 Å². The summed E-state index contributed by atoms with van der Waals surface area (Å²) in [7, 11) is 0. The van der Waals surface area contributed by atoms with Crippen LogP contribution in [0.2, 0.25) is 0 Å². The van der Waals surface area contributed by atoms with Crippen LogP contribution in [-0.4, -0.2) is 17.6 Å². The summed E-state index contributed by atoms with van der Waals surface area (Å²) < 4.78 is 5.35. The molecular formula is C17H20N2O2. The summed E-state index contributed by atoms with van der Waals surface area (Å²) in [5, 5.41) is 4.08. The normalized spacial score (nSPS) is 13.5. The molecule has 0 atom stereocenters. The van der Waals surface area contributed by atoms with Gasteiger partial charge in [-0.15, -0.1) is 0 Å². The first-order valence-electron chi connectivity index (χ1n) is 7.59. The Bertz CT molecular complexity index is 639. The summed E-state index contributed by atoms with van der Waals surface area (Å²) in [4.78, 5) is 14.6. The highest BCUT2D eigenvalue weighted by Gasteiger charge is 2.26. The van der Waals surface area contributed by atoms with Crippen LogP contribution in [0, 0.1) is 0 Å². The van der Waals surface area contributed by atoms with Crippen LogP contribution >= 0.6 is 0 Å². The third kappa shape index (κ3) is 2.46. The molecule has 110 valence electrons. The van der Waals surface area contributed by atoms with E-state index in [1.807, 2.05) is 36.9 Å². The third-order valence-corrected chi connectivity index (χ3v) is 4.12. The van der Waals surface area contributed by atoms with Gasteiger partial charge in [0.05, 0.1) is 12.1 Å². The predicted molar refractivity (Wildman–Crippen MR) is 81.5 cm³/mol. The molecule has 2 aromatic rings. The van der Waals surface area contributed by atoms with Crippen LogP contribution < -0.4 is 4.90 Å². The van der Waals surface area contributed by atoms with Crippen molar-refractivity contribution < 1.29 is 9.32 Å². The molecule has 2 heterocycles. The highest BCUT2D eigenvalue weighted by Crippen LogP contribution is 2.28. The van der Waals surface area contributed by atoms with E-state index in [1.54, 1.807) is 0 Å². The van der Waals surface area contributed by atoms with E-state index in [1.165, 1.54) is 5.56 Å².